The molecule has 0 aliphatic carbocycles. The van der Waals surface area contributed by atoms with Crippen LogP contribution in [0.25, 0.3) is 11.0 Å². The summed E-state index contributed by atoms with van der Waals surface area (Å²) in [6, 6.07) is 10.9. The van der Waals surface area contributed by atoms with Crippen molar-refractivity contribution in [1.82, 2.24) is 0 Å². The SMILES string of the molecule is O=C(c1cc(O)c(O)c(O)c1)c1cc2ccccc2o1. The van der Waals surface area contributed by atoms with Gasteiger partial charge in [-0.15, -0.1) is 0 Å². The second-order valence-electron chi connectivity index (χ2n) is 4.34. The molecule has 0 bridgehead atoms. The van der Waals surface area contributed by atoms with Crippen LogP contribution in [-0.4, -0.2) is 21.1 Å². The highest BCUT2D eigenvalue weighted by Gasteiger charge is 2.18. The molecular weight excluding hydrogens is 260 g/mol. The first-order valence-electron chi connectivity index (χ1n) is 5.84. The molecule has 20 heavy (non-hydrogen) atoms. The second-order valence-corrected chi connectivity index (χ2v) is 4.34. The average molecular weight is 270 g/mol. The summed E-state index contributed by atoms with van der Waals surface area (Å²) in [4.78, 5) is 12.2. The third-order valence-electron chi connectivity index (χ3n) is 2.98. The lowest BCUT2D eigenvalue weighted by atomic mass is 10.1. The minimum absolute atomic E-state index is 0.0249. The van der Waals surface area contributed by atoms with Crippen molar-refractivity contribution in [2.24, 2.45) is 0 Å². The molecule has 0 aliphatic heterocycles. The Labute approximate surface area is 113 Å². The van der Waals surface area contributed by atoms with Crippen molar-refractivity contribution in [3.05, 3.63) is 53.8 Å². The number of carbonyl (C=O) groups is 1. The molecule has 0 saturated carbocycles. The maximum Gasteiger partial charge on any atom is 0.228 e. The number of furan rings is 1. The maximum absolute atomic E-state index is 12.2. The van der Waals surface area contributed by atoms with Gasteiger partial charge < -0.3 is 19.7 Å². The quantitative estimate of drug-likeness (QED) is 0.492. The van der Waals surface area contributed by atoms with Gasteiger partial charge in [-0.1, -0.05) is 18.2 Å². The van der Waals surface area contributed by atoms with Gasteiger partial charge in [-0.25, -0.2) is 0 Å². The van der Waals surface area contributed by atoms with Crippen LogP contribution in [0, 0.1) is 0 Å². The molecule has 0 fully saturated rings. The number of para-hydroxylation sites is 1. The predicted molar refractivity (Wildman–Crippen MR) is 71.1 cm³/mol. The van der Waals surface area contributed by atoms with Crippen LogP contribution in [-0.2, 0) is 0 Å². The number of hydrogen-bond acceptors (Lipinski definition) is 5. The van der Waals surface area contributed by atoms with Gasteiger partial charge in [0.05, 0.1) is 0 Å². The van der Waals surface area contributed by atoms with E-state index >= 15 is 0 Å². The van der Waals surface area contributed by atoms with Crippen LogP contribution in [0.2, 0.25) is 0 Å². The van der Waals surface area contributed by atoms with E-state index in [4.69, 9.17) is 4.42 Å². The minimum Gasteiger partial charge on any atom is -0.504 e. The molecule has 0 amide bonds. The molecule has 0 saturated heterocycles. The van der Waals surface area contributed by atoms with Crippen LogP contribution >= 0.6 is 0 Å². The van der Waals surface area contributed by atoms with Crippen LogP contribution < -0.4 is 0 Å². The largest absolute Gasteiger partial charge is 0.504 e. The third kappa shape index (κ3) is 1.85. The molecule has 3 rings (SSSR count). The summed E-state index contributed by atoms with van der Waals surface area (Å²) in [5, 5.41) is 28.9. The van der Waals surface area contributed by atoms with Gasteiger partial charge in [-0.3, -0.25) is 4.79 Å². The Morgan fingerprint density at radius 1 is 0.950 bits per heavy atom. The number of aromatic hydroxyl groups is 3. The van der Waals surface area contributed by atoms with Crippen molar-refractivity contribution in [2.45, 2.75) is 0 Å². The molecule has 0 unspecified atom stereocenters. The highest BCUT2D eigenvalue weighted by Crippen LogP contribution is 2.36. The Balaban J connectivity index is 2.08. The lowest BCUT2D eigenvalue weighted by Crippen LogP contribution is -1.99. The molecule has 3 aromatic rings. The summed E-state index contributed by atoms with van der Waals surface area (Å²) in [6.07, 6.45) is 0. The average Bonchev–Trinajstić information content (AvgIpc) is 2.87. The number of phenols is 3. The van der Waals surface area contributed by atoms with Gasteiger partial charge in [0.2, 0.25) is 5.78 Å². The molecule has 0 atom stereocenters. The van der Waals surface area contributed by atoms with E-state index < -0.39 is 23.0 Å². The Morgan fingerprint density at radius 3 is 2.25 bits per heavy atom. The van der Waals surface area contributed by atoms with Crippen molar-refractivity contribution < 1.29 is 24.5 Å². The van der Waals surface area contributed by atoms with E-state index in [1.165, 1.54) is 0 Å². The smallest absolute Gasteiger partial charge is 0.228 e. The fourth-order valence-corrected chi connectivity index (χ4v) is 1.97. The normalized spacial score (nSPS) is 10.8. The first-order chi connectivity index (χ1) is 9.56. The lowest BCUT2D eigenvalue weighted by molar-refractivity contribution is 0.101. The van der Waals surface area contributed by atoms with Crippen LogP contribution in [0.3, 0.4) is 0 Å². The number of benzene rings is 2. The van der Waals surface area contributed by atoms with E-state index in [1.807, 2.05) is 6.07 Å². The Morgan fingerprint density at radius 2 is 1.60 bits per heavy atom. The topological polar surface area (TPSA) is 90.9 Å². The van der Waals surface area contributed by atoms with E-state index in [9.17, 15) is 20.1 Å². The molecule has 0 aliphatic rings. The highest BCUT2D eigenvalue weighted by molar-refractivity contribution is 6.09. The maximum atomic E-state index is 12.2. The van der Waals surface area contributed by atoms with Gasteiger partial charge in [-0.2, -0.15) is 0 Å². The van der Waals surface area contributed by atoms with Crippen LogP contribution in [0.1, 0.15) is 16.1 Å². The summed E-state index contributed by atoms with van der Waals surface area (Å²) in [5.41, 5.74) is 0.597. The summed E-state index contributed by atoms with van der Waals surface area (Å²) < 4.78 is 5.42. The molecule has 1 heterocycles. The number of ketones is 1. The molecule has 5 heteroatoms. The number of fused-ring (bicyclic) bond motifs is 1. The summed E-state index contributed by atoms with van der Waals surface area (Å²) in [5.74, 6) is -2.19. The zero-order chi connectivity index (χ0) is 14.3. The monoisotopic (exact) mass is 270 g/mol. The molecule has 0 spiro atoms. The summed E-state index contributed by atoms with van der Waals surface area (Å²) in [7, 11) is 0. The number of carbonyl (C=O) groups excluding carboxylic acids is 1. The molecule has 2 aromatic carbocycles. The fraction of sp³-hybridized carbons (Fsp3) is 0. The number of hydrogen-bond donors (Lipinski definition) is 3. The highest BCUT2D eigenvalue weighted by atomic mass is 16.3. The van der Waals surface area contributed by atoms with Gasteiger partial charge in [0, 0.05) is 10.9 Å². The first-order valence-corrected chi connectivity index (χ1v) is 5.84. The molecular formula is C15H10O5. The van der Waals surface area contributed by atoms with Crippen LogP contribution in [0.5, 0.6) is 17.2 Å². The molecule has 1 aromatic heterocycles. The van der Waals surface area contributed by atoms with E-state index in [1.54, 1.807) is 24.3 Å². The van der Waals surface area contributed by atoms with Gasteiger partial charge >= 0.3 is 0 Å². The van der Waals surface area contributed by atoms with Gasteiger partial charge in [0.15, 0.2) is 23.0 Å². The van der Waals surface area contributed by atoms with Crippen molar-refractivity contribution in [3.8, 4) is 17.2 Å². The molecule has 0 radical (unpaired) electrons. The van der Waals surface area contributed by atoms with E-state index in [0.717, 1.165) is 17.5 Å². The van der Waals surface area contributed by atoms with Gasteiger partial charge in [0.1, 0.15) is 5.58 Å². The first kappa shape index (κ1) is 12.1. The zero-order valence-electron chi connectivity index (χ0n) is 10.2. The number of phenolic OH excluding ortho intramolecular Hbond substituents is 3. The Hall–Kier alpha value is -2.95. The Kier molecular flexibility index (Phi) is 2.61. The second kappa shape index (κ2) is 4.31. The van der Waals surface area contributed by atoms with Crippen molar-refractivity contribution in [1.29, 1.82) is 0 Å². The van der Waals surface area contributed by atoms with Gasteiger partial charge in [0.25, 0.3) is 0 Å². The summed E-state index contributed by atoms with van der Waals surface area (Å²) >= 11 is 0. The van der Waals surface area contributed by atoms with Crippen LogP contribution in [0.4, 0.5) is 0 Å². The fourth-order valence-electron chi connectivity index (χ4n) is 1.97. The van der Waals surface area contributed by atoms with Crippen molar-refractivity contribution in [3.63, 3.8) is 0 Å². The minimum atomic E-state index is -0.661. The standard InChI is InChI=1S/C15H10O5/c16-10-5-9(6-11(17)15(10)19)14(18)13-7-8-3-1-2-4-12(8)20-13/h1-7,16-17,19H. The zero-order valence-corrected chi connectivity index (χ0v) is 10.2. The van der Waals surface area contributed by atoms with Crippen LogP contribution in [0.15, 0.2) is 46.9 Å². The molecule has 3 N–H and O–H groups in total. The van der Waals surface area contributed by atoms with E-state index in [-0.39, 0.29) is 11.3 Å². The van der Waals surface area contributed by atoms with Crippen molar-refractivity contribution in [2.75, 3.05) is 0 Å². The lowest BCUT2D eigenvalue weighted by Gasteiger charge is -2.03. The third-order valence-corrected chi connectivity index (χ3v) is 2.98. The summed E-state index contributed by atoms with van der Waals surface area (Å²) in [6.45, 7) is 0. The predicted octanol–water partition coefficient (Wildman–Crippen LogP) is 2.78. The van der Waals surface area contributed by atoms with Crippen molar-refractivity contribution >= 4 is 16.8 Å². The number of rotatable bonds is 2. The Bertz CT molecular complexity index is 760. The molecule has 5 nitrogen and oxygen atoms in total. The van der Waals surface area contributed by atoms with Gasteiger partial charge in [-0.05, 0) is 24.3 Å². The van der Waals surface area contributed by atoms with E-state index in [2.05, 4.69) is 0 Å². The molecule has 100 valence electrons. The van der Waals surface area contributed by atoms with E-state index in [0.29, 0.717) is 5.58 Å².